The van der Waals surface area contributed by atoms with Crippen molar-refractivity contribution in [3.8, 4) is 0 Å². The van der Waals surface area contributed by atoms with Gasteiger partial charge in [-0.1, -0.05) is 37.1 Å². The van der Waals surface area contributed by atoms with E-state index < -0.39 is 6.29 Å². The average molecular weight is 549 g/mol. The number of carbonyl (C=O) groups is 2. The van der Waals surface area contributed by atoms with E-state index in [0.717, 1.165) is 74.8 Å². The fraction of sp³-hybridized carbons (Fsp3) is 0.433. The molecule has 39 heavy (non-hydrogen) atoms. The van der Waals surface area contributed by atoms with E-state index >= 15 is 0 Å². The highest BCUT2D eigenvalue weighted by molar-refractivity contribution is 7.80. The molecule has 0 bridgehead atoms. The monoisotopic (exact) mass is 548 g/mol. The van der Waals surface area contributed by atoms with Crippen molar-refractivity contribution in [1.29, 1.82) is 0 Å². The fourth-order valence-corrected chi connectivity index (χ4v) is 5.76. The van der Waals surface area contributed by atoms with Crippen LogP contribution in [0.2, 0.25) is 0 Å². The minimum Gasteiger partial charge on any atom is -0.364 e. The summed E-state index contributed by atoms with van der Waals surface area (Å²) < 4.78 is 5.24. The molecule has 9 heteroatoms. The van der Waals surface area contributed by atoms with Crippen LogP contribution in [0.5, 0.6) is 0 Å². The third-order valence-corrected chi connectivity index (χ3v) is 8.18. The number of ether oxygens (including phenoxy) is 1. The number of anilines is 2. The number of unbranched alkanes of at least 4 members (excludes halogenated alkanes) is 3. The van der Waals surface area contributed by atoms with Crippen LogP contribution < -0.4 is 10.2 Å². The third-order valence-electron chi connectivity index (χ3n) is 7.82. The topological polar surface area (TPSA) is 85.3 Å². The van der Waals surface area contributed by atoms with Crippen LogP contribution >= 0.6 is 12.2 Å². The summed E-state index contributed by atoms with van der Waals surface area (Å²) in [7, 11) is 0. The molecule has 3 aliphatic heterocycles. The molecule has 1 unspecified atom stereocenters. The standard InChI is InChI=1S/C30H36N4O4S/c1-21-25(28(36)34(27(21)35)24-12-13-26-22(19-24)20-38-29(26)37)11-7-2-3-8-14-32-15-17-33(18-16-32)30(39)31-23-9-5-4-6-10-23/h4-6,9-10,12-13,19,29,37H,2-3,7-8,11,14-18,20H2,1H3,(H,31,39). The first kappa shape index (κ1) is 27.5. The second kappa shape index (κ2) is 12.4. The first-order valence-electron chi connectivity index (χ1n) is 13.8. The Balaban J connectivity index is 1.00. The number of carbonyl (C=O) groups excluding carboxylic acids is 2. The second-order valence-electron chi connectivity index (χ2n) is 10.4. The van der Waals surface area contributed by atoms with Crippen LogP contribution in [0.25, 0.3) is 0 Å². The number of fused-ring (bicyclic) bond motifs is 1. The van der Waals surface area contributed by atoms with E-state index in [9.17, 15) is 14.7 Å². The smallest absolute Gasteiger partial charge is 0.261 e. The van der Waals surface area contributed by atoms with Gasteiger partial charge in [0.05, 0.1) is 12.3 Å². The molecule has 2 aromatic carbocycles. The molecule has 0 spiro atoms. The molecule has 5 rings (SSSR count). The molecule has 206 valence electrons. The molecular weight excluding hydrogens is 512 g/mol. The minimum atomic E-state index is -0.945. The Bertz CT molecular complexity index is 1260. The van der Waals surface area contributed by atoms with E-state index in [1.165, 1.54) is 4.90 Å². The van der Waals surface area contributed by atoms with Gasteiger partial charge in [-0.15, -0.1) is 0 Å². The Labute approximate surface area is 235 Å². The molecule has 8 nitrogen and oxygen atoms in total. The molecule has 1 fully saturated rings. The van der Waals surface area contributed by atoms with Gasteiger partial charge < -0.3 is 20.1 Å². The van der Waals surface area contributed by atoms with Gasteiger partial charge in [-0.05, 0) is 74.8 Å². The molecule has 3 heterocycles. The number of aliphatic hydroxyl groups is 1. The lowest BCUT2D eigenvalue weighted by molar-refractivity contribution is -0.120. The molecule has 2 N–H and O–H groups in total. The van der Waals surface area contributed by atoms with Gasteiger partial charge in [0.1, 0.15) is 0 Å². The van der Waals surface area contributed by atoms with Gasteiger partial charge in [0.2, 0.25) is 0 Å². The van der Waals surface area contributed by atoms with Crippen LogP contribution in [0.3, 0.4) is 0 Å². The number of piperazine rings is 1. The van der Waals surface area contributed by atoms with Gasteiger partial charge in [-0.2, -0.15) is 0 Å². The first-order chi connectivity index (χ1) is 18.9. The molecule has 1 saturated heterocycles. The lowest BCUT2D eigenvalue weighted by Crippen LogP contribution is -2.50. The molecular formula is C30H36N4O4S. The number of amides is 2. The van der Waals surface area contributed by atoms with E-state index in [4.69, 9.17) is 17.0 Å². The Kier molecular flexibility index (Phi) is 8.72. The van der Waals surface area contributed by atoms with E-state index in [1.54, 1.807) is 25.1 Å². The maximum atomic E-state index is 13.1. The molecule has 0 aromatic heterocycles. The highest BCUT2D eigenvalue weighted by Crippen LogP contribution is 2.35. The maximum absolute atomic E-state index is 13.1. The van der Waals surface area contributed by atoms with Crippen LogP contribution in [-0.2, 0) is 20.9 Å². The maximum Gasteiger partial charge on any atom is 0.261 e. The number of aliphatic hydroxyl groups excluding tert-OH is 1. The number of nitrogens with zero attached hydrogens (tertiary/aromatic N) is 3. The molecule has 0 saturated carbocycles. The van der Waals surface area contributed by atoms with Gasteiger partial charge in [-0.3, -0.25) is 14.5 Å². The third kappa shape index (κ3) is 6.22. The zero-order valence-corrected chi connectivity index (χ0v) is 23.2. The lowest BCUT2D eigenvalue weighted by atomic mass is 10.0. The molecule has 0 radical (unpaired) electrons. The van der Waals surface area contributed by atoms with E-state index in [-0.39, 0.29) is 18.4 Å². The van der Waals surface area contributed by atoms with E-state index in [2.05, 4.69) is 15.1 Å². The zero-order chi connectivity index (χ0) is 27.4. The number of hydrogen-bond acceptors (Lipinski definition) is 6. The van der Waals surface area contributed by atoms with Crippen LogP contribution in [-0.4, -0.2) is 64.6 Å². The van der Waals surface area contributed by atoms with Crippen molar-refractivity contribution in [1.82, 2.24) is 9.80 Å². The van der Waals surface area contributed by atoms with Crippen LogP contribution in [0.15, 0.2) is 59.7 Å². The SMILES string of the molecule is CC1=C(CCCCCCN2CCN(C(=S)Nc3ccccc3)CC2)C(=O)N(c2ccc3c(c2)COC3O)C1=O. The number of benzene rings is 2. The van der Waals surface area contributed by atoms with Crippen molar-refractivity contribution < 1.29 is 19.4 Å². The average Bonchev–Trinajstić information content (AvgIpc) is 3.42. The van der Waals surface area contributed by atoms with E-state index in [1.807, 2.05) is 30.3 Å². The number of hydrogen-bond donors (Lipinski definition) is 2. The minimum absolute atomic E-state index is 0.227. The van der Waals surface area contributed by atoms with Crippen molar-refractivity contribution in [2.24, 2.45) is 0 Å². The summed E-state index contributed by atoms with van der Waals surface area (Å²) in [5.41, 5.74) is 4.20. The summed E-state index contributed by atoms with van der Waals surface area (Å²) in [6.07, 6.45) is 3.80. The summed E-state index contributed by atoms with van der Waals surface area (Å²) >= 11 is 5.59. The van der Waals surface area contributed by atoms with Crippen molar-refractivity contribution in [3.63, 3.8) is 0 Å². The van der Waals surface area contributed by atoms with Gasteiger partial charge in [-0.25, -0.2) is 4.90 Å². The Morgan fingerprint density at radius 3 is 2.51 bits per heavy atom. The quantitative estimate of drug-likeness (QED) is 0.272. The highest BCUT2D eigenvalue weighted by atomic mass is 32.1. The number of thiocarbonyl (C=S) groups is 1. The number of para-hydroxylation sites is 1. The highest BCUT2D eigenvalue weighted by Gasteiger charge is 2.37. The van der Waals surface area contributed by atoms with Gasteiger partial charge >= 0.3 is 0 Å². The Hall–Kier alpha value is -3.11. The Morgan fingerprint density at radius 1 is 1.00 bits per heavy atom. The molecule has 2 amide bonds. The van der Waals surface area contributed by atoms with Crippen molar-refractivity contribution in [2.45, 2.75) is 51.9 Å². The number of nitrogens with one attached hydrogen (secondary N) is 1. The predicted molar refractivity (Wildman–Crippen MR) is 155 cm³/mol. The Morgan fingerprint density at radius 2 is 1.74 bits per heavy atom. The summed E-state index contributed by atoms with van der Waals surface area (Å²) in [4.78, 5) is 32.0. The van der Waals surface area contributed by atoms with Crippen molar-refractivity contribution >= 4 is 40.5 Å². The predicted octanol–water partition coefficient (Wildman–Crippen LogP) is 4.36. The number of imide groups is 1. The molecule has 3 aliphatic rings. The second-order valence-corrected chi connectivity index (χ2v) is 10.8. The molecule has 2 aromatic rings. The van der Waals surface area contributed by atoms with Crippen LogP contribution in [0.1, 0.15) is 56.4 Å². The summed E-state index contributed by atoms with van der Waals surface area (Å²) in [5.74, 6) is -0.485. The van der Waals surface area contributed by atoms with Crippen LogP contribution in [0, 0.1) is 0 Å². The normalized spacial score (nSPS) is 19.7. The van der Waals surface area contributed by atoms with E-state index in [0.29, 0.717) is 28.8 Å². The van der Waals surface area contributed by atoms with Gasteiger partial charge in [0.25, 0.3) is 11.8 Å². The van der Waals surface area contributed by atoms with Gasteiger partial charge in [0, 0.05) is 48.6 Å². The largest absolute Gasteiger partial charge is 0.364 e. The number of rotatable bonds is 9. The summed E-state index contributed by atoms with van der Waals surface area (Å²) in [6, 6.07) is 15.2. The first-order valence-corrected chi connectivity index (χ1v) is 14.2. The van der Waals surface area contributed by atoms with Crippen molar-refractivity contribution in [3.05, 3.63) is 70.8 Å². The van der Waals surface area contributed by atoms with Crippen molar-refractivity contribution in [2.75, 3.05) is 42.9 Å². The summed E-state index contributed by atoms with van der Waals surface area (Å²) in [5, 5.41) is 14.0. The lowest BCUT2D eigenvalue weighted by Gasteiger charge is -2.36. The van der Waals surface area contributed by atoms with Crippen LogP contribution in [0.4, 0.5) is 11.4 Å². The fourth-order valence-electron chi connectivity index (χ4n) is 5.46. The summed E-state index contributed by atoms with van der Waals surface area (Å²) in [6.45, 7) is 6.94. The zero-order valence-electron chi connectivity index (χ0n) is 22.4. The van der Waals surface area contributed by atoms with Gasteiger partial charge in [0.15, 0.2) is 11.4 Å². The molecule has 0 aliphatic carbocycles. The molecule has 1 atom stereocenters.